The third-order valence-electron chi connectivity index (χ3n) is 5.34. The largest absolute Gasteiger partial charge is 0.490 e. The Morgan fingerprint density at radius 2 is 1.81 bits per heavy atom. The number of aliphatic carboxylic acids is 2. The lowest BCUT2D eigenvalue weighted by atomic mass is 9.89. The molecular formula is C22H28F6N2O6. The van der Waals surface area contributed by atoms with Gasteiger partial charge in [0.15, 0.2) is 0 Å². The normalized spacial score (nSPS) is 22.1. The Morgan fingerprint density at radius 3 is 2.31 bits per heavy atom. The first kappa shape index (κ1) is 31.3. The highest BCUT2D eigenvalue weighted by Crippen LogP contribution is 2.41. The number of alkyl halides is 6. The molecule has 1 aromatic heterocycles. The molecule has 0 radical (unpaired) electrons. The van der Waals surface area contributed by atoms with E-state index in [1.165, 1.54) is 12.8 Å². The zero-order valence-electron chi connectivity index (χ0n) is 19.2. The quantitative estimate of drug-likeness (QED) is 0.324. The van der Waals surface area contributed by atoms with Crippen LogP contribution in [0.15, 0.2) is 37.1 Å². The molecule has 204 valence electrons. The van der Waals surface area contributed by atoms with Crippen LogP contribution in [0, 0.1) is 5.92 Å². The van der Waals surface area contributed by atoms with Crippen molar-refractivity contribution in [2.24, 2.45) is 5.92 Å². The molecule has 36 heavy (non-hydrogen) atoms. The molecule has 0 aromatic carbocycles. The molecule has 0 bridgehead atoms. The van der Waals surface area contributed by atoms with Crippen LogP contribution in [-0.2, 0) is 25.6 Å². The number of pyridine rings is 1. The van der Waals surface area contributed by atoms with Crippen molar-refractivity contribution in [3.05, 3.63) is 42.7 Å². The number of rotatable bonds is 6. The van der Waals surface area contributed by atoms with Crippen LogP contribution in [0.4, 0.5) is 26.3 Å². The number of halogens is 6. The molecule has 2 aliphatic rings. The van der Waals surface area contributed by atoms with Gasteiger partial charge in [0.2, 0.25) is 0 Å². The average Bonchev–Trinajstić information content (AvgIpc) is 3.15. The number of nitrogens with zero attached hydrogens (tertiary/aromatic N) is 2. The minimum atomic E-state index is -5.08. The van der Waals surface area contributed by atoms with Crippen LogP contribution in [-0.4, -0.2) is 82.9 Å². The van der Waals surface area contributed by atoms with Crippen molar-refractivity contribution in [1.29, 1.82) is 0 Å². The molecular weight excluding hydrogens is 502 g/mol. The second kappa shape index (κ2) is 14.1. The van der Waals surface area contributed by atoms with Crippen LogP contribution in [0.1, 0.15) is 25.0 Å². The maximum absolute atomic E-state index is 10.6. The Kier molecular flexibility index (Phi) is 12.3. The summed E-state index contributed by atoms with van der Waals surface area (Å²) in [6, 6.07) is 6.12. The first-order valence-corrected chi connectivity index (χ1v) is 10.8. The van der Waals surface area contributed by atoms with Gasteiger partial charge in [0.1, 0.15) is 0 Å². The van der Waals surface area contributed by atoms with E-state index in [1.807, 2.05) is 18.3 Å². The maximum Gasteiger partial charge on any atom is 0.490 e. The molecule has 3 rings (SSSR count). The predicted molar refractivity (Wildman–Crippen MR) is 114 cm³/mol. The van der Waals surface area contributed by atoms with Crippen molar-refractivity contribution in [3.8, 4) is 0 Å². The van der Waals surface area contributed by atoms with Gasteiger partial charge in [-0.3, -0.25) is 9.88 Å². The molecule has 2 atom stereocenters. The van der Waals surface area contributed by atoms with E-state index in [0.29, 0.717) is 12.5 Å². The van der Waals surface area contributed by atoms with Gasteiger partial charge in [-0.1, -0.05) is 18.6 Å². The zero-order valence-corrected chi connectivity index (χ0v) is 19.2. The minimum absolute atomic E-state index is 0.0196. The molecule has 1 spiro atoms. The number of hydrogen-bond acceptors (Lipinski definition) is 6. The first-order chi connectivity index (χ1) is 16.7. The molecule has 1 saturated heterocycles. The van der Waals surface area contributed by atoms with Crippen LogP contribution in [0.5, 0.6) is 0 Å². The Hall–Kier alpha value is -2.71. The summed E-state index contributed by atoms with van der Waals surface area (Å²) in [5.74, 6) is -5.01. The lowest BCUT2D eigenvalue weighted by Gasteiger charge is -2.44. The zero-order chi connectivity index (χ0) is 27.4. The number of carboxylic acid groups (broad SMARTS) is 2. The summed E-state index contributed by atoms with van der Waals surface area (Å²) in [6.07, 6.45) is -2.90. The summed E-state index contributed by atoms with van der Waals surface area (Å²) in [6.45, 7) is 8.82. The molecule has 1 aliphatic carbocycles. The number of ether oxygens (including phenoxy) is 2. The fraction of sp³-hybridized carbons (Fsp3) is 0.591. The Labute approximate surface area is 203 Å². The van der Waals surface area contributed by atoms with Crippen LogP contribution in [0.25, 0.3) is 0 Å². The summed E-state index contributed by atoms with van der Waals surface area (Å²) in [5.41, 5.74) is 1.12. The Morgan fingerprint density at radius 1 is 1.19 bits per heavy atom. The van der Waals surface area contributed by atoms with Crippen molar-refractivity contribution in [1.82, 2.24) is 9.88 Å². The van der Waals surface area contributed by atoms with E-state index in [4.69, 9.17) is 29.3 Å². The van der Waals surface area contributed by atoms with Gasteiger partial charge in [-0.05, 0) is 25.0 Å². The lowest BCUT2D eigenvalue weighted by Crippen LogP contribution is -2.54. The van der Waals surface area contributed by atoms with Crippen LogP contribution >= 0.6 is 0 Å². The Bertz CT molecular complexity index is 813. The minimum Gasteiger partial charge on any atom is -0.475 e. The van der Waals surface area contributed by atoms with Gasteiger partial charge in [-0.25, -0.2) is 9.59 Å². The molecule has 0 amide bonds. The van der Waals surface area contributed by atoms with Crippen molar-refractivity contribution in [3.63, 3.8) is 0 Å². The summed E-state index contributed by atoms with van der Waals surface area (Å²) < 4.78 is 75.5. The number of carboxylic acids is 2. The third kappa shape index (κ3) is 10.9. The summed E-state index contributed by atoms with van der Waals surface area (Å²) >= 11 is 0. The van der Waals surface area contributed by atoms with Crippen LogP contribution < -0.4 is 0 Å². The van der Waals surface area contributed by atoms with Gasteiger partial charge in [-0.2, -0.15) is 26.3 Å². The molecule has 2 fully saturated rings. The summed E-state index contributed by atoms with van der Waals surface area (Å²) in [5, 5.41) is 14.2. The van der Waals surface area contributed by atoms with Gasteiger partial charge < -0.3 is 19.7 Å². The standard InChI is InChI=1S/C18H26N2O2.2C2HF3O2/c1-2-11-21-14-16-6-5-8-18(16)15-20(10-12-22-18)13-17-7-3-4-9-19-17;2*3-2(4,5)1(6)7/h2-4,7,9,16H,1,5-6,8,10-15H2;2*(H,6,7)/t16-,18+;;/m0../s1. The SMILES string of the molecule is C=CCOC[C@@H]1CCC[C@@]12CN(Cc1ccccn1)CCO2.O=C(O)C(F)(F)F.O=C(O)C(F)(F)F. The molecule has 1 saturated carbocycles. The predicted octanol–water partition coefficient (Wildman–Crippen LogP) is 3.92. The van der Waals surface area contributed by atoms with Crippen LogP contribution in [0.2, 0.25) is 0 Å². The molecule has 1 aliphatic heterocycles. The van der Waals surface area contributed by atoms with Gasteiger partial charge in [0.05, 0.1) is 31.1 Å². The molecule has 14 heteroatoms. The fourth-order valence-corrected chi connectivity index (χ4v) is 3.78. The highest BCUT2D eigenvalue weighted by Gasteiger charge is 2.47. The van der Waals surface area contributed by atoms with E-state index < -0.39 is 24.3 Å². The topological polar surface area (TPSA) is 109 Å². The molecule has 8 nitrogen and oxygen atoms in total. The maximum atomic E-state index is 10.6. The Balaban J connectivity index is 0.000000383. The molecule has 2 heterocycles. The monoisotopic (exact) mass is 530 g/mol. The van der Waals surface area contributed by atoms with Crippen LogP contribution in [0.3, 0.4) is 0 Å². The van der Waals surface area contributed by atoms with E-state index in [-0.39, 0.29) is 5.60 Å². The van der Waals surface area contributed by atoms with Crippen molar-refractivity contribution in [2.75, 3.05) is 32.9 Å². The number of aromatic nitrogens is 1. The average molecular weight is 530 g/mol. The van der Waals surface area contributed by atoms with E-state index in [9.17, 15) is 26.3 Å². The van der Waals surface area contributed by atoms with Gasteiger partial charge in [0.25, 0.3) is 0 Å². The van der Waals surface area contributed by atoms with E-state index in [0.717, 1.165) is 45.0 Å². The number of morpholine rings is 1. The van der Waals surface area contributed by atoms with Crippen molar-refractivity contribution >= 4 is 11.9 Å². The summed E-state index contributed by atoms with van der Waals surface area (Å²) in [7, 11) is 0. The van der Waals surface area contributed by atoms with E-state index in [2.05, 4.69) is 28.6 Å². The second-order valence-corrected chi connectivity index (χ2v) is 7.97. The highest BCUT2D eigenvalue weighted by molar-refractivity contribution is 5.73. The van der Waals surface area contributed by atoms with E-state index in [1.54, 1.807) is 0 Å². The molecule has 1 aromatic rings. The number of carbonyl (C=O) groups is 2. The number of hydrogen-bond donors (Lipinski definition) is 2. The first-order valence-electron chi connectivity index (χ1n) is 10.8. The highest BCUT2D eigenvalue weighted by atomic mass is 19.4. The second-order valence-electron chi connectivity index (χ2n) is 7.97. The van der Waals surface area contributed by atoms with Gasteiger partial charge in [-0.15, -0.1) is 6.58 Å². The fourth-order valence-electron chi connectivity index (χ4n) is 3.78. The van der Waals surface area contributed by atoms with Crippen molar-refractivity contribution in [2.45, 2.75) is 43.8 Å². The third-order valence-corrected chi connectivity index (χ3v) is 5.34. The molecule has 2 N–H and O–H groups in total. The van der Waals surface area contributed by atoms with Gasteiger partial charge >= 0.3 is 24.3 Å². The van der Waals surface area contributed by atoms with Gasteiger partial charge in [0, 0.05) is 31.7 Å². The summed E-state index contributed by atoms with van der Waals surface area (Å²) in [4.78, 5) is 24.7. The smallest absolute Gasteiger partial charge is 0.475 e. The molecule has 0 unspecified atom stereocenters. The van der Waals surface area contributed by atoms with Crippen molar-refractivity contribution < 1.29 is 55.6 Å². The van der Waals surface area contributed by atoms with E-state index >= 15 is 0 Å². The lowest BCUT2D eigenvalue weighted by molar-refractivity contribution is -0.193.